The van der Waals surface area contributed by atoms with Crippen LogP contribution in [0.15, 0.2) is 48.5 Å². The van der Waals surface area contributed by atoms with Crippen LogP contribution in [0.3, 0.4) is 0 Å². The molecule has 3 nitrogen and oxygen atoms in total. The molecule has 0 atom stereocenters. The molecule has 0 saturated carbocycles. The molecule has 0 bridgehead atoms. The predicted octanol–water partition coefficient (Wildman–Crippen LogP) is 3.55. The number of hydrogen-bond donors (Lipinski definition) is 2. The van der Waals surface area contributed by atoms with E-state index in [9.17, 15) is 9.18 Å². The van der Waals surface area contributed by atoms with E-state index in [1.165, 1.54) is 12.1 Å². The summed E-state index contributed by atoms with van der Waals surface area (Å²) in [5, 5.41) is 3.67. The van der Waals surface area contributed by atoms with Crippen molar-refractivity contribution in [2.45, 2.75) is 13.5 Å². The second-order valence-electron chi connectivity index (χ2n) is 5.09. The number of carbonyl (C=O) groups is 1. The molecule has 0 fully saturated rings. The number of rotatable bonds is 3. The molecule has 106 valence electrons. The van der Waals surface area contributed by atoms with Crippen molar-refractivity contribution >= 4 is 16.8 Å². The zero-order valence-corrected chi connectivity index (χ0v) is 11.6. The molecule has 0 aliphatic carbocycles. The first-order valence-corrected chi connectivity index (χ1v) is 6.74. The summed E-state index contributed by atoms with van der Waals surface area (Å²) in [6, 6.07) is 14.1. The molecule has 1 amide bonds. The van der Waals surface area contributed by atoms with E-state index in [4.69, 9.17) is 0 Å². The van der Waals surface area contributed by atoms with Crippen molar-refractivity contribution in [3.8, 4) is 0 Å². The minimum absolute atomic E-state index is 0.201. The summed E-state index contributed by atoms with van der Waals surface area (Å²) in [5.41, 5.74) is 3.26. The van der Waals surface area contributed by atoms with Crippen LogP contribution in [0.1, 0.15) is 21.6 Å². The van der Waals surface area contributed by atoms with Gasteiger partial charge >= 0.3 is 0 Å². The van der Waals surface area contributed by atoms with E-state index < -0.39 is 0 Å². The first kappa shape index (κ1) is 13.4. The highest BCUT2D eigenvalue weighted by Gasteiger charge is 2.09. The Balaban J connectivity index is 1.74. The number of carbonyl (C=O) groups excluding carboxylic acids is 1. The number of fused-ring (bicyclic) bond motifs is 1. The predicted molar refractivity (Wildman–Crippen MR) is 80.6 cm³/mol. The lowest BCUT2D eigenvalue weighted by atomic mass is 10.1. The average molecular weight is 282 g/mol. The van der Waals surface area contributed by atoms with Crippen LogP contribution in [0.5, 0.6) is 0 Å². The summed E-state index contributed by atoms with van der Waals surface area (Å²) < 4.78 is 13.1. The van der Waals surface area contributed by atoms with Crippen molar-refractivity contribution in [2.75, 3.05) is 0 Å². The van der Waals surface area contributed by atoms with Gasteiger partial charge in [0, 0.05) is 17.4 Å². The van der Waals surface area contributed by atoms with Gasteiger partial charge in [-0.1, -0.05) is 29.8 Å². The fourth-order valence-electron chi connectivity index (χ4n) is 2.32. The van der Waals surface area contributed by atoms with Gasteiger partial charge in [0.25, 0.3) is 5.91 Å². The van der Waals surface area contributed by atoms with E-state index in [2.05, 4.69) is 10.3 Å². The summed E-state index contributed by atoms with van der Waals surface area (Å²) in [4.78, 5) is 15.1. The average Bonchev–Trinajstić information content (AvgIpc) is 2.88. The third kappa shape index (κ3) is 2.94. The van der Waals surface area contributed by atoms with Gasteiger partial charge < -0.3 is 10.3 Å². The molecule has 0 aliphatic heterocycles. The maximum Gasteiger partial charge on any atom is 0.267 e. The molecule has 0 saturated heterocycles. The minimum atomic E-state index is -0.323. The molecular formula is C17H15FN2O. The highest BCUT2D eigenvalue weighted by atomic mass is 19.1. The second kappa shape index (κ2) is 5.40. The zero-order chi connectivity index (χ0) is 14.8. The molecule has 2 aromatic carbocycles. The number of aromatic nitrogens is 1. The topological polar surface area (TPSA) is 44.9 Å². The van der Waals surface area contributed by atoms with Crippen LogP contribution in [0.25, 0.3) is 10.9 Å². The van der Waals surface area contributed by atoms with Gasteiger partial charge in [-0.15, -0.1) is 0 Å². The van der Waals surface area contributed by atoms with Crippen molar-refractivity contribution in [1.29, 1.82) is 0 Å². The summed E-state index contributed by atoms with van der Waals surface area (Å²) in [6.07, 6.45) is 0. The lowest BCUT2D eigenvalue weighted by molar-refractivity contribution is 0.0946. The van der Waals surface area contributed by atoms with Gasteiger partial charge in [0.2, 0.25) is 0 Å². The highest BCUT2D eigenvalue weighted by molar-refractivity contribution is 5.97. The van der Waals surface area contributed by atoms with Crippen molar-refractivity contribution < 1.29 is 9.18 Å². The van der Waals surface area contributed by atoms with Gasteiger partial charge in [-0.25, -0.2) is 4.39 Å². The Hall–Kier alpha value is -2.62. The number of nitrogens with one attached hydrogen (secondary N) is 2. The lowest BCUT2D eigenvalue weighted by Gasteiger charge is -2.04. The first-order valence-electron chi connectivity index (χ1n) is 6.74. The van der Waals surface area contributed by atoms with E-state index in [-0.39, 0.29) is 11.7 Å². The molecule has 1 heterocycles. The molecule has 2 N–H and O–H groups in total. The Bertz CT molecular complexity index is 807. The van der Waals surface area contributed by atoms with Crippen LogP contribution in [-0.4, -0.2) is 10.9 Å². The quantitative estimate of drug-likeness (QED) is 0.758. The Labute approximate surface area is 121 Å². The van der Waals surface area contributed by atoms with Gasteiger partial charge in [0.15, 0.2) is 0 Å². The van der Waals surface area contributed by atoms with Crippen molar-refractivity contribution in [3.63, 3.8) is 0 Å². The normalized spacial score (nSPS) is 10.8. The van der Waals surface area contributed by atoms with E-state index in [0.717, 1.165) is 16.5 Å². The van der Waals surface area contributed by atoms with Gasteiger partial charge in [-0.05, 0) is 36.8 Å². The third-order valence-corrected chi connectivity index (χ3v) is 3.36. The summed E-state index contributed by atoms with van der Waals surface area (Å²) >= 11 is 0. The van der Waals surface area contributed by atoms with Crippen molar-refractivity contribution in [3.05, 3.63) is 71.2 Å². The maximum absolute atomic E-state index is 13.1. The molecule has 0 radical (unpaired) electrons. The van der Waals surface area contributed by atoms with Crippen molar-refractivity contribution in [2.24, 2.45) is 0 Å². The SMILES string of the molecule is Cc1cccc(CNC(=O)c2cc3ccc(F)cc3[nH]2)c1. The number of aromatic amines is 1. The summed E-state index contributed by atoms with van der Waals surface area (Å²) in [5.74, 6) is -0.524. The van der Waals surface area contributed by atoms with Crippen LogP contribution in [-0.2, 0) is 6.54 Å². The number of halogens is 1. The Kier molecular flexibility index (Phi) is 3.44. The van der Waals surface area contributed by atoms with Crippen LogP contribution in [0.4, 0.5) is 4.39 Å². The number of hydrogen-bond acceptors (Lipinski definition) is 1. The molecular weight excluding hydrogens is 267 g/mol. The summed E-state index contributed by atoms with van der Waals surface area (Å²) in [7, 11) is 0. The number of amides is 1. The molecule has 0 spiro atoms. The second-order valence-corrected chi connectivity index (χ2v) is 5.09. The number of benzene rings is 2. The summed E-state index contributed by atoms with van der Waals surface area (Å²) in [6.45, 7) is 2.47. The van der Waals surface area contributed by atoms with Crippen molar-refractivity contribution in [1.82, 2.24) is 10.3 Å². The molecule has 1 aromatic heterocycles. The van der Waals surface area contributed by atoms with E-state index in [1.807, 2.05) is 31.2 Å². The minimum Gasteiger partial charge on any atom is -0.350 e. The van der Waals surface area contributed by atoms with Crippen LogP contribution in [0, 0.1) is 12.7 Å². The molecule has 0 aliphatic rings. The first-order chi connectivity index (χ1) is 10.1. The number of H-pyrrole nitrogens is 1. The molecule has 3 aromatic rings. The van der Waals surface area contributed by atoms with E-state index in [0.29, 0.717) is 17.8 Å². The van der Waals surface area contributed by atoms with Gasteiger partial charge in [0.1, 0.15) is 11.5 Å². The molecule has 4 heteroatoms. The lowest BCUT2D eigenvalue weighted by Crippen LogP contribution is -2.23. The molecule has 0 unspecified atom stereocenters. The van der Waals surface area contributed by atoms with Crippen LogP contribution < -0.4 is 5.32 Å². The van der Waals surface area contributed by atoms with Gasteiger partial charge in [0.05, 0.1) is 0 Å². The number of aryl methyl sites for hydroxylation is 1. The van der Waals surface area contributed by atoms with Gasteiger partial charge in [-0.3, -0.25) is 4.79 Å². The molecule has 3 rings (SSSR count). The Morgan fingerprint density at radius 2 is 2.05 bits per heavy atom. The highest BCUT2D eigenvalue weighted by Crippen LogP contribution is 2.16. The van der Waals surface area contributed by atoms with Crippen LogP contribution in [0.2, 0.25) is 0 Å². The Morgan fingerprint density at radius 3 is 2.86 bits per heavy atom. The standard InChI is InChI=1S/C17H15FN2O/c1-11-3-2-4-12(7-11)10-19-17(21)16-8-13-5-6-14(18)9-15(13)20-16/h2-9,20H,10H2,1H3,(H,19,21). The van der Waals surface area contributed by atoms with Crippen LogP contribution >= 0.6 is 0 Å². The fraction of sp³-hybridized carbons (Fsp3) is 0.118. The van der Waals surface area contributed by atoms with Gasteiger partial charge in [-0.2, -0.15) is 0 Å². The fourth-order valence-corrected chi connectivity index (χ4v) is 2.32. The maximum atomic E-state index is 13.1. The van der Waals surface area contributed by atoms with E-state index >= 15 is 0 Å². The largest absolute Gasteiger partial charge is 0.350 e. The zero-order valence-electron chi connectivity index (χ0n) is 11.6. The monoisotopic (exact) mass is 282 g/mol. The smallest absolute Gasteiger partial charge is 0.267 e. The van der Waals surface area contributed by atoms with E-state index in [1.54, 1.807) is 12.1 Å². The third-order valence-electron chi connectivity index (χ3n) is 3.36. The molecule has 21 heavy (non-hydrogen) atoms. The Morgan fingerprint density at radius 1 is 1.19 bits per heavy atom.